The molecular weight excluding hydrogens is 886 g/mol. The van der Waals surface area contributed by atoms with Crippen molar-refractivity contribution in [3.05, 3.63) is 176 Å². The number of aliphatic hydroxyl groups excluding tert-OH is 1. The van der Waals surface area contributed by atoms with E-state index in [-0.39, 0.29) is 50.1 Å². The Morgan fingerprint density at radius 3 is 1.69 bits per heavy atom. The third-order valence-electron chi connectivity index (χ3n) is 11.5. The highest BCUT2D eigenvalue weighted by atomic mass is 31.2. The molecule has 346 valence electrons. The van der Waals surface area contributed by atoms with Gasteiger partial charge in [-0.25, -0.2) is 10.2 Å². The average Bonchev–Trinajstić information content (AvgIpc) is 3.37. The number of aromatic nitrogens is 4. The van der Waals surface area contributed by atoms with Gasteiger partial charge in [-0.15, -0.1) is 0 Å². The molecule has 0 spiro atoms. The number of fused-ring (bicyclic) bond motifs is 4. The molecule has 0 fully saturated rings. The molecule has 0 bridgehead atoms. The zero-order valence-electron chi connectivity index (χ0n) is 37.2. The first-order chi connectivity index (χ1) is 33.2. The third-order valence-corrected chi connectivity index (χ3v) is 13.3. The van der Waals surface area contributed by atoms with Crippen LogP contribution in [-0.2, 0) is 49.5 Å². The lowest BCUT2D eigenvalue weighted by atomic mass is 9.99. The molecule has 8 aromatic rings. The number of carbonyl (C=O) groups is 1. The van der Waals surface area contributed by atoms with Gasteiger partial charge in [-0.05, 0) is 83.8 Å². The van der Waals surface area contributed by atoms with Gasteiger partial charge in [0.1, 0.15) is 41.0 Å². The summed E-state index contributed by atoms with van der Waals surface area (Å²) in [5.74, 6) is 1.99. The lowest BCUT2D eigenvalue weighted by Crippen LogP contribution is -2.27. The second-order valence-corrected chi connectivity index (χ2v) is 18.5. The summed E-state index contributed by atoms with van der Waals surface area (Å²) >= 11 is 0. The summed E-state index contributed by atoms with van der Waals surface area (Å²) in [6, 6.07) is 40.9. The molecule has 0 radical (unpaired) electrons. The van der Waals surface area contributed by atoms with E-state index in [4.69, 9.17) is 23.3 Å². The van der Waals surface area contributed by atoms with E-state index < -0.39 is 13.6 Å². The van der Waals surface area contributed by atoms with Crippen molar-refractivity contribution in [2.24, 2.45) is 0 Å². The molecule has 2 aliphatic heterocycles. The zero-order valence-corrected chi connectivity index (χ0v) is 38.1. The van der Waals surface area contributed by atoms with Crippen LogP contribution in [0.4, 0.5) is 0 Å². The quantitative estimate of drug-likeness (QED) is 0.0577. The normalized spacial score (nSPS) is 12.1. The molecule has 10 rings (SSSR count). The second-order valence-electron chi connectivity index (χ2n) is 16.3. The van der Waals surface area contributed by atoms with Crippen molar-refractivity contribution >= 4 is 35.1 Å². The maximum atomic E-state index is 13.6. The van der Waals surface area contributed by atoms with Gasteiger partial charge in [-0.3, -0.25) is 23.8 Å². The number of nitrogens with zero attached hydrogens (tertiary/aromatic N) is 3. The Bertz CT molecular complexity index is 3220. The molecule has 4 heterocycles. The van der Waals surface area contributed by atoms with E-state index in [1.54, 1.807) is 36.4 Å². The average molecular weight is 934 g/mol. The summed E-state index contributed by atoms with van der Waals surface area (Å²) in [7, 11) is -3.63. The van der Waals surface area contributed by atoms with Crippen LogP contribution in [0.25, 0.3) is 44.1 Å². The van der Waals surface area contributed by atoms with Gasteiger partial charge in [0.25, 0.3) is 11.1 Å². The van der Waals surface area contributed by atoms with Gasteiger partial charge in [0.15, 0.2) is 0 Å². The molecule has 2 aliphatic rings. The fourth-order valence-corrected chi connectivity index (χ4v) is 9.65. The Morgan fingerprint density at radius 2 is 1.16 bits per heavy atom. The Labute approximate surface area is 390 Å². The minimum atomic E-state index is -3.63. The molecule has 0 saturated carbocycles. The number of aromatic amines is 2. The van der Waals surface area contributed by atoms with E-state index >= 15 is 0 Å². The smallest absolute Gasteiger partial charge is 0.331 e. The van der Waals surface area contributed by atoms with Crippen LogP contribution in [0.3, 0.4) is 0 Å². The number of ether oxygens (including phenoxy) is 3. The highest BCUT2D eigenvalue weighted by Crippen LogP contribution is 2.51. The Hall–Kier alpha value is -7.26. The van der Waals surface area contributed by atoms with E-state index in [0.717, 1.165) is 58.6 Å². The lowest BCUT2D eigenvalue weighted by molar-refractivity contribution is -0.144. The number of esters is 1. The van der Waals surface area contributed by atoms with Crippen molar-refractivity contribution in [1.29, 1.82) is 0 Å². The molecule has 0 saturated heterocycles. The Morgan fingerprint density at radius 1 is 0.632 bits per heavy atom. The number of aliphatic hydroxyl groups is 1. The van der Waals surface area contributed by atoms with Crippen LogP contribution in [0.5, 0.6) is 23.0 Å². The highest BCUT2D eigenvalue weighted by molar-refractivity contribution is 7.53. The molecule has 16 heteroatoms. The lowest BCUT2D eigenvalue weighted by Gasteiger charge is -2.23. The molecule has 0 unspecified atom stereocenters. The number of hydrogen-bond donors (Lipinski definition) is 3. The molecule has 0 amide bonds. The Balaban J connectivity index is 0.000000190. The van der Waals surface area contributed by atoms with Gasteiger partial charge < -0.3 is 28.4 Å². The third kappa shape index (κ3) is 10.3. The summed E-state index contributed by atoms with van der Waals surface area (Å²) in [5.41, 5.74) is 5.87. The molecule has 2 aromatic heterocycles. The van der Waals surface area contributed by atoms with E-state index in [2.05, 4.69) is 38.3 Å². The van der Waals surface area contributed by atoms with Crippen molar-refractivity contribution in [2.75, 3.05) is 25.9 Å². The van der Waals surface area contributed by atoms with Crippen molar-refractivity contribution in [3.8, 4) is 45.5 Å². The zero-order chi connectivity index (χ0) is 47.0. The minimum Gasteiger partial charge on any atom is -0.461 e. The number of H-pyrrole nitrogens is 2. The summed E-state index contributed by atoms with van der Waals surface area (Å²) in [4.78, 5) is 39.3. The van der Waals surface area contributed by atoms with Gasteiger partial charge in [-0.2, -0.15) is 10.2 Å². The minimum absolute atomic E-state index is 0.0136. The largest absolute Gasteiger partial charge is 0.461 e. The number of carbonyl (C=O) groups excluding carboxylic acids is 1. The van der Waals surface area contributed by atoms with E-state index in [0.29, 0.717) is 56.8 Å². The highest BCUT2D eigenvalue weighted by Gasteiger charge is 2.28. The van der Waals surface area contributed by atoms with Crippen LogP contribution in [0.1, 0.15) is 42.0 Å². The summed E-state index contributed by atoms with van der Waals surface area (Å²) in [6.45, 7) is 4.76. The topological polar surface area (TPSA) is 195 Å². The van der Waals surface area contributed by atoms with Crippen LogP contribution in [0, 0.1) is 0 Å². The maximum Gasteiger partial charge on any atom is 0.331 e. The van der Waals surface area contributed by atoms with Gasteiger partial charge in [0.05, 0.1) is 53.9 Å². The van der Waals surface area contributed by atoms with Crippen LogP contribution in [-0.4, -0.2) is 62.2 Å². The fraction of sp³-hybridized carbons (Fsp3) is 0.212. The number of hydrogen-bond acceptors (Lipinski definition) is 13. The van der Waals surface area contributed by atoms with Crippen molar-refractivity contribution in [2.45, 2.75) is 46.1 Å². The van der Waals surface area contributed by atoms with E-state index in [1.807, 2.05) is 91.0 Å². The molecule has 3 N–H and O–H groups in total. The van der Waals surface area contributed by atoms with Crippen LogP contribution in [0.2, 0.25) is 0 Å². The maximum absolute atomic E-state index is 13.6. The number of benzene rings is 6. The van der Waals surface area contributed by atoms with Crippen molar-refractivity contribution in [3.63, 3.8) is 0 Å². The van der Waals surface area contributed by atoms with E-state index in [9.17, 15) is 24.1 Å². The summed E-state index contributed by atoms with van der Waals surface area (Å²) < 4.78 is 42.7. The monoisotopic (exact) mass is 933 g/mol. The molecule has 6 aromatic carbocycles. The predicted octanol–water partition coefficient (Wildman–Crippen LogP) is 9.66. The van der Waals surface area contributed by atoms with Crippen LogP contribution < -0.4 is 20.6 Å². The SMILES string of the molecule is CCCN(CCO)Cc1ccc2c(c1)-c1n[nH]c(=O)c3cccc(c13)O2.O=C(CCP(=O)(OCc1ccccc1)OCc1ccccc1)OCc1ccc2c(c1)-c1n[nH]c(=O)c3cccc(c13)O2. The van der Waals surface area contributed by atoms with Crippen LogP contribution in [0.15, 0.2) is 143 Å². The van der Waals surface area contributed by atoms with Gasteiger partial charge in [-0.1, -0.05) is 91.9 Å². The van der Waals surface area contributed by atoms with Crippen LogP contribution >= 0.6 is 7.60 Å². The van der Waals surface area contributed by atoms with Gasteiger partial charge >= 0.3 is 13.6 Å². The predicted molar refractivity (Wildman–Crippen MR) is 258 cm³/mol. The number of rotatable bonds is 17. The summed E-state index contributed by atoms with van der Waals surface area (Å²) in [5, 5.41) is 25.4. The number of nitrogens with one attached hydrogen (secondary N) is 2. The standard InChI is InChI=1S/C32H27N2O7P.C20H21N3O3/c35-29(16-17-42(37,39-20-22-8-3-1-4-9-22)40-21-23-10-5-2-6-11-23)38-19-24-14-15-27-26(18-24)31-30-25(32(36)34-33-31)12-7-13-28(30)41-27;1-2-8-23(9-10-24)12-13-6-7-16-15(11-13)19-18-14(20(25)22-21-19)4-3-5-17(18)26-16/h1-15,18H,16-17,19-21H2,(H,34,36);3-7,11,24H,2,8-10,12H2,1H3,(H,22,25). The van der Waals surface area contributed by atoms with Crippen molar-refractivity contribution < 1.29 is 37.7 Å². The molecule has 68 heavy (non-hydrogen) atoms. The first-order valence-corrected chi connectivity index (χ1v) is 24.0. The van der Waals surface area contributed by atoms with Gasteiger partial charge in [0.2, 0.25) is 0 Å². The first kappa shape index (κ1) is 45.9. The molecule has 0 aliphatic carbocycles. The van der Waals surface area contributed by atoms with Crippen molar-refractivity contribution in [1.82, 2.24) is 25.3 Å². The van der Waals surface area contributed by atoms with Gasteiger partial charge in [0, 0.05) is 24.2 Å². The summed E-state index contributed by atoms with van der Waals surface area (Å²) in [6.07, 6.45) is 0.757. The first-order valence-electron chi connectivity index (χ1n) is 22.3. The second kappa shape index (κ2) is 20.7. The Kier molecular flexibility index (Phi) is 14.0. The molecule has 15 nitrogen and oxygen atoms in total. The molecular formula is C52H48N5O10P. The fourth-order valence-electron chi connectivity index (χ4n) is 8.17. The molecule has 0 atom stereocenters. The van der Waals surface area contributed by atoms with E-state index in [1.165, 1.54) is 0 Å².